The molecule has 2 aliphatic rings. The largest absolute Gasteiger partial charge is 0.417 e. The molecule has 2 fully saturated rings. The minimum Gasteiger partial charge on any atom is -0.349 e. The lowest BCUT2D eigenvalue weighted by atomic mass is 10.0. The Morgan fingerprint density at radius 1 is 1.25 bits per heavy atom. The van der Waals surface area contributed by atoms with Crippen molar-refractivity contribution >= 4 is 23.2 Å². The van der Waals surface area contributed by atoms with Gasteiger partial charge in [-0.25, -0.2) is 4.98 Å². The number of fused-ring (bicyclic) bond motifs is 2. The zero-order chi connectivity index (χ0) is 14.5. The average Bonchev–Trinajstić information content (AvgIpc) is 2.61. The maximum atomic E-state index is 12.6. The van der Waals surface area contributed by atoms with Crippen LogP contribution in [0.5, 0.6) is 0 Å². The molecule has 0 N–H and O–H groups in total. The van der Waals surface area contributed by atoms with E-state index in [2.05, 4.69) is 4.98 Å². The number of rotatable bonds is 1. The third-order valence-corrected chi connectivity index (χ3v) is 4.22. The topological polar surface area (TPSA) is 33.2 Å². The number of carbonyl (C=O) groups is 1. The van der Waals surface area contributed by atoms with Crippen LogP contribution in [0.3, 0.4) is 0 Å². The number of hydrogen-bond donors (Lipinski definition) is 0. The molecule has 0 amide bonds. The van der Waals surface area contributed by atoms with Gasteiger partial charge < -0.3 is 4.90 Å². The lowest BCUT2D eigenvalue weighted by Crippen LogP contribution is -2.43. The van der Waals surface area contributed by atoms with Crippen molar-refractivity contribution in [2.45, 2.75) is 43.9 Å². The van der Waals surface area contributed by atoms with Crippen molar-refractivity contribution in [1.82, 2.24) is 4.98 Å². The average molecular weight is 305 g/mol. The standard InChI is InChI=1S/C13H12ClF3N2O/c14-11-3-7(13(15,16)17)6-18-12(11)19-8-1-2-9(19)5-10(20)4-8/h3,6,8-9H,1-2,4-5H2/t8-,9+. The van der Waals surface area contributed by atoms with E-state index in [0.717, 1.165) is 25.1 Å². The fourth-order valence-corrected chi connectivity index (χ4v) is 3.36. The second-order valence-electron chi connectivity index (χ2n) is 5.27. The summed E-state index contributed by atoms with van der Waals surface area (Å²) in [6, 6.07) is 0.936. The van der Waals surface area contributed by atoms with Crippen molar-refractivity contribution in [3.05, 3.63) is 22.8 Å². The molecule has 3 heterocycles. The summed E-state index contributed by atoms with van der Waals surface area (Å²) in [6.45, 7) is 0. The number of Topliss-reactive ketones (excluding diaryl/α,β-unsaturated/α-hetero) is 1. The smallest absolute Gasteiger partial charge is 0.349 e. The first-order valence-corrected chi connectivity index (χ1v) is 6.77. The Labute approximate surface area is 118 Å². The van der Waals surface area contributed by atoms with Gasteiger partial charge in [-0.3, -0.25) is 4.79 Å². The molecule has 1 aromatic rings. The maximum Gasteiger partial charge on any atom is 0.417 e. The van der Waals surface area contributed by atoms with Crippen molar-refractivity contribution in [1.29, 1.82) is 0 Å². The van der Waals surface area contributed by atoms with Crippen LogP contribution in [0.2, 0.25) is 5.02 Å². The first-order chi connectivity index (χ1) is 9.36. The van der Waals surface area contributed by atoms with E-state index >= 15 is 0 Å². The Balaban J connectivity index is 1.94. The van der Waals surface area contributed by atoms with Crippen molar-refractivity contribution < 1.29 is 18.0 Å². The number of anilines is 1. The van der Waals surface area contributed by atoms with Gasteiger partial charge in [0.05, 0.1) is 10.6 Å². The minimum absolute atomic E-state index is 0.00826. The third-order valence-electron chi connectivity index (χ3n) is 3.94. The number of aromatic nitrogens is 1. The molecule has 3 rings (SSSR count). The summed E-state index contributed by atoms with van der Waals surface area (Å²) < 4.78 is 37.8. The summed E-state index contributed by atoms with van der Waals surface area (Å²) in [5, 5.41) is -0.00826. The molecule has 0 aliphatic carbocycles. The van der Waals surface area contributed by atoms with Gasteiger partial charge in [-0.1, -0.05) is 11.6 Å². The van der Waals surface area contributed by atoms with Crippen molar-refractivity contribution in [3.63, 3.8) is 0 Å². The van der Waals surface area contributed by atoms with Crippen LogP contribution in [-0.2, 0) is 11.0 Å². The van der Waals surface area contributed by atoms with Gasteiger partial charge in [0.25, 0.3) is 0 Å². The Hall–Kier alpha value is -1.30. The fourth-order valence-electron chi connectivity index (χ4n) is 3.09. The second kappa shape index (κ2) is 4.62. The highest BCUT2D eigenvalue weighted by atomic mass is 35.5. The zero-order valence-electron chi connectivity index (χ0n) is 10.5. The molecular formula is C13H12ClF3N2O. The summed E-state index contributed by atoms with van der Waals surface area (Å²) in [5.74, 6) is 0.566. The Morgan fingerprint density at radius 2 is 1.85 bits per heavy atom. The van der Waals surface area contributed by atoms with Crippen LogP contribution >= 0.6 is 11.6 Å². The zero-order valence-corrected chi connectivity index (χ0v) is 11.2. The second-order valence-corrected chi connectivity index (χ2v) is 5.67. The number of ketones is 1. The predicted molar refractivity (Wildman–Crippen MR) is 67.8 cm³/mol. The van der Waals surface area contributed by atoms with Crippen LogP contribution in [0, 0.1) is 0 Å². The minimum atomic E-state index is -4.45. The lowest BCUT2D eigenvalue weighted by molar-refractivity contribution is -0.137. The molecule has 2 aliphatic heterocycles. The number of carbonyl (C=O) groups excluding carboxylic acids is 1. The van der Waals surface area contributed by atoms with Crippen molar-refractivity contribution in [2.24, 2.45) is 0 Å². The van der Waals surface area contributed by atoms with Gasteiger partial charge in [-0.2, -0.15) is 13.2 Å². The molecule has 3 nitrogen and oxygen atoms in total. The van der Waals surface area contributed by atoms with Gasteiger partial charge in [0.15, 0.2) is 0 Å². The van der Waals surface area contributed by atoms with Crippen LogP contribution in [0.1, 0.15) is 31.2 Å². The van der Waals surface area contributed by atoms with E-state index in [1.165, 1.54) is 0 Å². The molecule has 0 spiro atoms. The number of hydrogen-bond acceptors (Lipinski definition) is 3. The molecular weight excluding hydrogens is 293 g/mol. The van der Waals surface area contributed by atoms with Gasteiger partial charge in [0.1, 0.15) is 11.6 Å². The number of pyridine rings is 1. The van der Waals surface area contributed by atoms with E-state index in [9.17, 15) is 18.0 Å². The van der Waals surface area contributed by atoms with Crippen LogP contribution in [0.25, 0.3) is 0 Å². The fraction of sp³-hybridized carbons (Fsp3) is 0.538. The maximum absolute atomic E-state index is 12.6. The van der Waals surface area contributed by atoms with E-state index in [-0.39, 0.29) is 22.9 Å². The van der Waals surface area contributed by atoms with Crippen LogP contribution in [0.4, 0.5) is 19.0 Å². The van der Waals surface area contributed by atoms with Gasteiger partial charge >= 0.3 is 6.18 Å². The summed E-state index contributed by atoms with van der Waals surface area (Å²) in [5.41, 5.74) is -0.855. The van der Waals surface area contributed by atoms with Crippen LogP contribution < -0.4 is 4.90 Å². The first-order valence-electron chi connectivity index (χ1n) is 6.39. The summed E-state index contributed by atoms with van der Waals surface area (Å²) in [7, 11) is 0. The molecule has 0 saturated carbocycles. The highest BCUT2D eigenvalue weighted by Gasteiger charge is 2.42. The molecule has 20 heavy (non-hydrogen) atoms. The number of piperidine rings is 1. The van der Waals surface area contributed by atoms with Crippen molar-refractivity contribution in [2.75, 3.05) is 4.90 Å². The van der Waals surface area contributed by atoms with E-state index in [0.29, 0.717) is 18.7 Å². The van der Waals surface area contributed by atoms with Gasteiger partial charge in [-0.05, 0) is 18.9 Å². The van der Waals surface area contributed by atoms with Gasteiger partial charge in [0.2, 0.25) is 0 Å². The van der Waals surface area contributed by atoms with Crippen molar-refractivity contribution in [3.8, 4) is 0 Å². The number of nitrogens with zero attached hydrogens (tertiary/aromatic N) is 2. The molecule has 2 atom stereocenters. The quantitative estimate of drug-likeness (QED) is 0.796. The van der Waals surface area contributed by atoms with Gasteiger partial charge in [-0.15, -0.1) is 0 Å². The van der Waals surface area contributed by atoms with E-state index < -0.39 is 11.7 Å². The highest BCUT2D eigenvalue weighted by molar-refractivity contribution is 6.33. The molecule has 7 heteroatoms. The van der Waals surface area contributed by atoms with E-state index in [4.69, 9.17) is 11.6 Å². The Morgan fingerprint density at radius 3 is 2.35 bits per heavy atom. The SMILES string of the molecule is O=C1C[C@H]2CC[C@@H](C1)N2c1ncc(C(F)(F)F)cc1Cl. The Kier molecular flexibility index (Phi) is 3.16. The molecule has 108 valence electrons. The van der Waals surface area contributed by atoms with E-state index in [1.807, 2.05) is 4.90 Å². The number of alkyl halides is 3. The molecule has 2 bridgehead atoms. The predicted octanol–water partition coefficient (Wildman–Crippen LogP) is 3.45. The molecule has 0 radical (unpaired) electrons. The third kappa shape index (κ3) is 2.26. The Bertz CT molecular complexity index is 545. The number of halogens is 4. The normalized spacial score (nSPS) is 26.2. The summed E-state index contributed by atoms with van der Waals surface area (Å²) >= 11 is 5.97. The monoisotopic (exact) mass is 304 g/mol. The van der Waals surface area contributed by atoms with Gasteiger partial charge in [0, 0.05) is 31.1 Å². The molecule has 2 saturated heterocycles. The first kappa shape index (κ1) is 13.7. The van der Waals surface area contributed by atoms with Crippen LogP contribution in [0.15, 0.2) is 12.3 Å². The molecule has 1 aromatic heterocycles. The molecule has 0 aromatic carbocycles. The highest BCUT2D eigenvalue weighted by Crippen LogP contribution is 2.41. The van der Waals surface area contributed by atoms with Crippen LogP contribution in [-0.4, -0.2) is 22.9 Å². The van der Waals surface area contributed by atoms with E-state index in [1.54, 1.807) is 0 Å². The lowest BCUT2D eigenvalue weighted by Gasteiger charge is -2.35. The summed E-state index contributed by atoms with van der Waals surface area (Å²) in [6.07, 6.45) is -1.08. The molecule has 0 unspecified atom stereocenters. The summed E-state index contributed by atoms with van der Waals surface area (Å²) in [4.78, 5) is 17.4.